The van der Waals surface area contributed by atoms with Crippen LogP contribution in [0.5, 0.6) is 5.75 Å². The Bertz CT molecular complexity index is 780. The van der Waals surface area contributed by atoms with Crippen LogP contribution in [0.4, 0.5) is 10.1 Å². The third kappa shape index (κ3) is 3.43. The lowest BCUT2D eigenvalue weighted by Gasteiger charge is -2.03. The zero-order valence-corrected chi connectivity index (χ0v) is 11.5. The zero-order valence-electron chi connectivity index (χ0n) is 11.5. The van der Waals surface area contributed by atoms with Crippen molar-refractivity contribution in [3.8, 4) is 11.8 Å². The van der Waals surface area contributed by atoms with E-state index in [1.165, 1.54) is 24.3 Å². The number of nitrogens with zero attached hydrogens (tertiary/aromatic N) is 3. The number of nitro groups is 1. The van der Waals surface area contributed by atoms with Gasteiger partial charge in [0.25, 0.3) is 5.69 Å². The second kappa shape index (κ2) is 6.45. The Labute approximate surface area is 125 Å². The van der Waals surface area contributed by atoms with Gasteiger partial charge in [-0.05, 0) is 36.8 Å². The average Bonchev–Trinajstić information content (AvgIpc) is 2.52. The quantitative estimate of drug-likeness (QED) is 0.491. The molecule has 0 heterocycles. The highest BCUT2D eigenvalue weighted by atomic mass is 19.1. The van der Waals surface area contributed by atoms with E-state index in [1.807, 2.05) is 0 Å². The lowest BCUT2D eigenvalue weighted by Crippen LogP contribution is -1.98. The summed E-state index contributed by atoms with van der Waals surface area (Å²) in [6.07, 6.45) is 0. The van der Waals surface area contributed by atoms with Gasteiger partial charge >= 0.3 is 0 Å². The van der Waals surface area contributed by atoms with Crippen LogP contribution < -0.4 is 4.84 Å². The number of halogens is 1. The molecule has 0 aliphatic heterocycles. The van der Waals surface area contributed by atoms with Gasteiger partial charge in [0, 0.05) is 18.2 Å². The summed E-state index contributed by atoms with van der Waals surface area (Å²) in [5.74, 6) is -0.541. The number of rotatable bonds is 4. The maximum Gasteiger partial charge on any atom is 0.269 e. The van der Waals surface area contributed by atoms with Crippen LogP contribution >= 0.6 is 0 Å². The molecule has 6 nitrogen and oxygen atoms in total. The summed E-state index contributed by atoms with van der Waals surface area (Å²) in [6, 6.07) is 11.3. The van der Waals surface area contributed by atoms with Crippen LogP contribution in [0.25, 0.3) is 0 Å². The molecule has 0 fully saturated rings. The number of nitriles is 1. The molecule has 0 spiro atoms. The summed E-state index contributed by atoms with van der Waals surface area (Å²) in [5, 5.41) is 23.0. The number of nitro benzene ring substituents is 1. The molecule has 0 aromatic heterocycles. The second-order valence-corrected chi connectivity index (χ2v) is 4.33. The first-order chi connectivity index (χ1) is 10.5. The maximum absolute atomic E-state index is 13.4. The number of oxime groups is 1. The summed E-state index contributed by atoms with van der Waals surface area (Å²) in [6.45, 7) is 1.65. The van der Waals surface area contributed by atoms with Crippen LogP contribution in [-0.4, -0.2) is 10.6 Å². The lowest BCUT2D eigenvalue weighted by atomic mass is 10.1. The van der Waals surface area contributed by atoms with Crippen molar-refractivity contribution in [1.82, 2.24) is 0 Å². The van der Waals surface area contributed by atoms with Gasteiger partial charge in [0.15, 0.2) is 5.75 Å². The standard InChI is InChI=1S/C15H10FN3O3/c1-10(11-2-5-13(6-3-11)19(20)21)18-22-14-7-4-12(9-17)15(16)8-14/h2-8H,1H3/b18-10-. The predicted molar refractivity (Wildman–Crippen MR) is 77.1 cm³/mol. The summed E-state index contributed by atoms with van der Waals surface area (Å²) in [4.78, 5) is 15.2. The van der Waals surface area contributed by atoms with E-state index in [0.717, 1.165) is 6.07 Å². The van der Waals surface area contributed by atoms with Crippen molar-refractivity contribution in [2.24, 2.45) is 5.16 Å². The summed E-state index contributed by atoms with van der Waals surface area (Å²) < 4.78 is 13.4. The fourth-order valence-corrected chi connectivity index (χ4v) is 1.64. The molecule has 2 aromatic carbocycles. The molecular weight excluding hydrogens is 289 g/mol. The topological polar surface area (TPSA) is 88.5 Å². The minimum Gasteiger partial charge on any atom is -0.357 e. The Kier molecular flexibility index (Phi) is 4.44. The van der Waals surface area contributed by atoms with E-state index < -0.39 is 10.7 Å². The summed E-state index contributed by atoms with van der Waals surface area (Å²) in [7, 11) is 0. The fourth-order valence-electron chi connectivity index (χ4n) is 1.64. The molecule has 0 saturated heterocycles. The Hall–Kier alpha value is -3.27. The molecule has 0 bridgehead atoms. The van der Waals surface area contributed by atoms with Gasteiger partial charge in [-0.3, -0.25) is 10.1 Å². The molecule has 2 aromatic rings. The fraction of sp³-hybridized carbons (Fsp3) is 0.0667. The highest BCUT2D eigenvalue weighted by molar-refractivity contribution is 5.98. The van der Waals surface area contributed by atoms with E-state index >= 15 is 0 Å². The third-order valence-electron chi connectivity index (χ3n) is 2.84. The highest BCUT2D eigenvalue weighted by Crippen LogP contribution is 2.17. The molecular formula is C15H10FN3O3. The molecule has 0 aliphatic rings. The molecule has 0 atom stereocenters. The number of hydrogen-bond donors (Lipinski definition) is 0. The third-order valence-corrected chi connectivity index (χ3v) is 2.84. The van der Waals surface area contributed by atoms with E-state index in [-0.39, 0.29) is 17.0 Å². The van der Waals surface area contributed by atoms with Crippen molar-refractivity contribution in [3.63, 3.8) is 0 Å². The van der Waals surface area contributed by atoms with Crippen molar-refractivity contribution in [3.05, 3.63) is 69.5 Å². The smallest absolute Gasteiger partial charge is 0.269 e. The minimum atomic E-state index is -0.691. The molecule has 22 heavy (non-hydrogen) atoms. The van der Waals surface area contributed by atoms with Gasteiger partial charge in [-0.25, -0.2) is 4.39 Å². The van der Waals surface area contributed by atoms with Crippen LogP contribution in [-0.2, 0) is 0 Å². The first-order valence-corrected chi connectivity index (χ1v) is 6.17. The first kappa shape index (κ1) is 15.1. The SMILES string of the molecule is C/C(=N/Oc1ccc(C#N)c(F)c1)c1ccc([N+](=O)[O-])cc1. The van der Waals surface area contributed by atoms with Gasteiger partial charge in [-0.15, -0.1) is 0 Å². The van der Waals surface area contributed by atoms with Crippen molar-refractivity contribution in [2.75, 3.05) is 0 Å². The largest absolute Gasteiger partial charge is 0.357 e. The normalized spacial score (nSPS) is 10.9. The Morgan fingerprint density at radius 2 is 2.00 bits per heavy atom. The van der Waals surface area contributed by atoms with Gasteiger partial charge in [-0.1, -0.05) is 5.16 Å². The summed E-state index contributed by atoms with van der Waals surface area (Å²) in [5.41, 5.74) is 1.01. The van der Waals surface area contributed by atoms with Crippen LogP contribution in [0.3, 0.4) is 0 Å². The molecule has 7 heteroatoms. The van der Waals surface area contributed by atoms with Gasteiger partial charge in [-0.2, -0.15) is 5.26 Å². The highest BCUT2D eigenvalue weighted by Gasteiger charge is 2.07. The molecule has 0 saturated carbocycles. The van der Waals surface area contributed by atoms with Crippen LogP contribution in [0, 0.1) is 27.3 Å². The molecule has 0 N–H and O–H groups in total. The molecule has 110 valence electrons. The molecule has 0 aliphatic carbocycles. The molecule has 0 radical (unpaired) electrons. The maximum atomic E-state index is 13.4. The van der Waals surface area contributed by atoms with Crippen LogP contribution in [0.1, 0.15) is 18.1 Å². The van der Waals surface area contributed by atoms with Crippen LogP contribution in [0.15, 0.2) is 47.6 Å². The van der Waals surface area contributed by atoms with E-state index in [2.05, 4.69) is 5.16 Å². The predicted octanol–water partition coefficient (Wildman–Crippen LogP) is 3.41. The van der Waals surface area contributed by atoms with Crippen molar-refractivity contribution in [1.29, 1.82) is 5.26 Å². The number of non-ortho nitro benzene ring substituents is 1. The zero-order chi connectivity index (χ0) is 16.1. The van der Waals surface area contributed by atoms with Gasteiger partial charge in [0.1, 0.15) is 11.9 Å². The van der Waals surface area contributed by atoms with Gasteiger partial charge in [0.2, 0.25) is 0 Å². The van der Waals surface area contributed by atoms with Gasteiger partial charge in [0.05, 0.1) is 16.2 Å². The molecule has 0 amide bonds. The van der Waals surface area contributed by atoms with Crippen LogP contribution in [0.2, 0.25) is 0 Å². The number of hydrogen-bond acceptors (Lipinski definition) is 5. The van der Waals surface area contributed by atoms with Crippen molar-refractivity contribution >= 4 is 11.4 Å². The monoisotopic (exact) mass is 299 g/mol. The van der Waals surface area contributed by atoms with Gasteiger partial charge < -0.3 is 4.84 Å². The van der Waals surface area contributed by atoms with Crippen molar-refractivity contribution in [2.45, 2.75) is 6.92 Å². The van der Waals surface area contributed by atoms with E-state index in [9.17, 15) is 14.5 Å². The second-order valence-electron chi connectivity index (χ2n) is 4.33. The first-order valence-electron chi connectivity index (χ1n) is 6.17. The van der Waals surface area contributed by atoms with E-state index in [4.69, 9.17) is 10.1 Å². The van der Waals surface area contributed by atoms with E-state index in [1.54, 1.807) is 25.1 Å². The van der Waals surface area contributed by atoms with Crippen molar-refractivity contribution < 1.29 is 14.2 Å². The summed E-state index contributed by atoms with van der Waals surface area (Å²) >= 11 is 0. The van der Waals surface area contributed by atoms with E-state index in [0.29, 0.717) is 11.3 Å². The average molecular weight is 299 g/mol. The number of benzene rings is 2. The minimum absolute atomic E-state index is 0.0216. The Morgan fingerprint density at radius 1 is 1.32 bits per heavy atom. The lowest BCUT2D eigenvalue weighted by molar-refractivity contribution is -0.384. The molecule has 0 unspecified atom stereocenters. The molecule has 2 rings (SSSR count). The Morgan fingerprint density at radius 3 is 2.55 bits per heavy atom. The Balaban J connectivity index is 2.14.